The van der Waals surface area contributed by atoms with Gasteiger partial charge in [-0.05, 0) is 46.5 Å². The number of carbonyl (C=O) groups is 1. The summed E-state index contributed by atoms with van der Waals surface area (Å²) in [6.07, 6.45) is 4.39. The van der Waals surface area contributed by atoms with Gasteiger partial charge in [-0.3, -0.25) is 4.79 Å². The molecule has 1 amide bonds. The molecule has 1 saturated heterocycles. The summed E-state index contributed by atoms with van der Waals surface area (Å²) in [6, 6.07) is 0.896. The first-order chi connectivity index (χ1) is 7.60. The number of likely N-dealkylation sites (N-methyl/N-ethyl adjacent to an activating group) is 1. The fourth-order valence-corrected chi connectivity index (χ4v) is 2.44. The fraction of sp³-hybridized carbons (Fsp3) is 0.923. The molecule has 1 fully saturated rings. The third-order valence-corrected chi connectivity index (χ3v) is 3.66. The van der Waals surface area contributed by atoms with Crippen LogP contribution in [-0.4, -0.2) is 35.5 Å². The number of rotatable bonds is 4. The van der Waals surface area contributed by atoms with E-state index >= 15 is 0 Å². The van der Waals surface area contributed by atoms with Crippen molar-refractivity contribution in [1.29, 1.82) is 0 Å². The first-order valence-electron chi connectivity index (χ1n) is 6.66. The quantitative estimate of drug-likeness (QED) is 0.796. The van der Waals surface area contributed by atoms with Crippen molar-refractivity contribution in [2.45, 2.75) is 71.5 Å². The van der Waals surface area contributed by atoms with E-state index in [1.165, 1.54) is 12.8 Å². The summed E-state index contributed by atoms with van der Waals surface area (Å²) < 4.78 is 0. The van der Waals surface area contributed by atoms with Crippen LogP contribution < -0.4 is 5.32 Å². The van der Waals surface area contributed by atoms with Crippen molar-refractivity contribution in [2.75, 3.05) is 6.54 Å². The first kappa shape index (κ1) is 13.5. The number of piperidine rings is 1. The highest BCUT2D eigenvalue weighted by Crippen LogP contribution is 2.16. The van der Waals surface area contributed by atoms with Crippen LogP contribution in [0, 0.1) is 0 Å². The van der Waals surface area contributed by atoms with Crippen LogP contribution in [0.15, 0.2) is 0 Å². The van der Waals surface area contributed by atoms with Gasteiger partial charge >= 0.3 is 0 Å². The molecule has 0 aromatic rings. The van der Waals surface area contributed by atoms with Crippen LogP contribution in [0.5, 0.6) is 0 Å². The Balaban J connectivity index is 2.59. The Morgan fingerprint density at radius 2 is 2.12 bits per heavy atom. The lowest BCUT2D eigenvalue weighted by Gasteiger charge is -2.35. The summed E-state index contributed by atoms with van der Waals surface area (Å²) in [7, 11) is 0. The highest BCUT2D eigenvalue weighted by molar-refractivity contribution is 5.82. The van der Waals surface area contributed by atoms with E-state index in [9.17, 15) is 4.79 Å². The number of amides is 1. The summed E-state index contributed by atoms with van der Waals surface area (Å²) in [4.78, 5) is 14.3. The molecule has 0 aliphatic carbocycles. The van der Waals surface area contributed by atoms with Crippen molar-refractivity contribution in [3.8, 4) is 0 Å². The first-order valence-corrected chi connectivity index (χ1v) is 6.66. The number of nitrogens with zero attached hydrogens (tertiary/aromatic N) is 1. The maximum Gasteiger partial charge on any atom is 0.239 e. The maximum absolute atomic E-state index is 12.3. The summed E-state index contributed by atoms with van der Waals surface area (Å²) in [6.45, 7) is 9.32. The zero-order valence-electron chi connectivity index (χ0n) is 11.1. The molecule has 0 aromatic heterocycles. The summed E-state index contributed by atoms with van der Waals surface area (Å²) in [5.41, 5.74) is 0. The SMILES string of the molecule is CCC(C)N(CC)C(=O)C1CCCC(C)N1. The standard InChI is InChI=1S/C13H26N2O/c1-5-11(4)15(6-2)13(16)12-9-7-8-10(3)14-12/h10-12,14H,5-9H2,1-4H3. The molecule has 1 N–H and O–H groups in total. The summed E-state index contributed by atoms with van der Waals surface area (Å²) >= 11 is 0. The molecule has 0 spiro atoms. The van der Waals surface area contributed by atoms with Gasteiger partial charge in [0.25, 0.3) is 0 Å². The lowest BCUT2D eigenvalue weighted by Crippen LogP contribution is -2.53. The molecule has 3 nitrogen and oxygen atoms in total. The average molecular weight is 226 g/mol. The highest BCUT2D eigenvalue weighted by Gasteiger charge is 2.28. The zero-order valence-corrected chi connectivity index (χ0v) is 11.1. The Hall–Kier alpha value is -0.570. The van der Waals surface area contributed by atoms with E-state index in [0.29, 0.717) is 18.0 Å². The Labute approximate surface area is 99.6 Å². The third-order valence-electron chi connectivity index (χ3n) is 3.66. The summed E-state index contributed by atoms with van der Waals surface area (Å²) in [5.74, 6) is 0.295. The minimum Gasteiger partial charge on any atom is -0.339 e. The van der Waals surface area contributed by atoms with Gasteiger partial charge in [0.1, 0.15) is 0 Å². The van der Waals surface area contributed by atoms with Gasteiger partial charge in [-0.25, -0.2) is 0 Å². The molecule has 1 aliphatic heterocycles. The third kappa shape index (κ3) is 3.21. The van der Waals surface area contributed by atoms with Crippen molar-refractivity contribution in [3.05, 3.63) is 0 Å². The van der Waals surface area contributed by atoms with Gasteiger partial charge in [-0.15, -0.1) is 0 Å². The topological polar surface area (TPSA) is 32.3 Å². The molecule has 3 heteroatoms. The van der Waals surface area contributed by atoms with E-state index in [1.807, 2.05) is 4.90 Å². The summed E-state index contributed by atoms with van der Waals surface area (Å²) in [5, 5.41) is 3.42. The van der Waals surface area contributed by atoms with Gasteiger partial charge in [-0.2, -0.15) is 0 Å². The predicted octanol–water partition coefficient (Wildman–Crippen LogP) is 2.16. The Bertz CT molecular complexity index is 230. The zero-order chi connectivity index (χ0) is 12.1. The van der Waals surface area contributed by atoms with Gasteiger partial charge < -0.3 is 10.2 Å². The second kappa shape index (κ2) is 6.24. The Kier molecular flexibility index (Phi) is 5.26. The number of hydrogen-bond acceptors (Lipinski definition) is 2. The molecule has 1 rings (SSSR count). The van der Waals surface area contributed by atoms with Crippen LogP contribution in [0.2, 0.25) is 0 Å². The lowest BCUT2D eigenvalue weighted by atomic mass is 9.98. The van der Waals surface area contributed by atoms with E-state index in [2.05, 4.69) is 33.0 Å². The normalized spacial score (nSPS) is 27.5. The molecule has 0 aromatic carbocycles. The van der Waals surface area contributed by atoms with Crippen molar-refractivity contribution in [3.63, 3.8) is 0 Å². The fourth-order valence-electron chi connectivity index (χ4n) is 2.44. The van der Waals surface area contributed by atoms with Crippen LogP contribution in [-0.2, 0) is 4.79 Å². The highest BCUT2D eigenvalue weighted by atomic mass is 16.2. The van der Waals surface area contributed by atoms with Crippen molar-refractivity contribution in [1.82, 2.24) is 10.2 Å². The Morgan fingerprint density at radius 3 is 2.62 bits per heavy atom. The molecule has 1 aliphatic rings. The molecule has 94 valence electrons. The largest absolute Gasteiger partial charge is 0.339 e. The maximum atomic E-state index is 12.3. The van der Waals surface area contributed by atoms with E-state index in [1.54, 1.807) is 0 Å². The van der Waals surface area contributed by atoms with Crippen LogP contribution in [0.1, 0.15) is 53.4 Å². The van der Waals surface area contributed by atoms with Crippen LogP contribution in [0.25, 0.3) is 0 Å². The smallest absolute Gasteiger partial charge is 0.239 e. The second-order valence-electron chi connectivity index (χ2n) is 4.93. The van der Waals surface area contributed by atoms with E-state index in [-0.39, 0.29) is 6.04 Å². The van der Waals surface area contributed by atoms with Gasteiger partial charge in [0.2, 0.25) is 5.91 Å². The van der Waals surface area contributed by atoms with Crippen LogP contribution in [0.3, 0.4) is 0 Å². The molecular weight excluding hydrogens is 200 g/mol. The lowest BCUT2D eigenvalue weighted by molar-refractivity contribution is -0.136. The number of carbonyl (C=O) groups excluding carboxylic acids is 1. The van der Waals surface area contributed by atoms with Crippen molar-refractivity contribution in [2.24, 2.45) is 0 Å². The molecule has 0 saturated carbocycles. The molecule has 16 heavy (non-hydrogen) atoms. The van der Waals surface area contributed by atoms with Gasteiger partial charge in [-0.1, -0.05) is 6.92 Å². The van der Waals surface area contributed by atoms with Crippen molar-refractivity contribution < 1.29 is 4.79 Å². The molecular formula is C13H26N2O. The second-order valence-corrected chi connectivity index (χ2v) is 4.93. The monoisotopic (exact) mass is 226 g/mol. The van der Waals surface area contributed by atoms with Crippen LogP contribution >= 0.6 is 0 Å². The van der Waals surface area contributed by atoms with E-state index in [4.69, 9.17) is 0 Å². The van der Waals surface area contributed by atoms with E-state index < -0.39 is 0 Å². The molecule has 0 radical (unpaired) electrons. The average Bonchev–Trinajstić information content (AvgIpc) is 2.29. The van der Waals surface area contributed by atoms with Gasteiger partial charge in [0, 0.05) is 18.6 Å². The van der Waals surface area contributed by atoms with E-state index in [0.717, 1.165) is 19.4 Å². The molecule has 1 heterocycles. The Morgan fingerprint density at radius 1 is 1.44 bits per heavy atom. The predicted molar refractivity (Wildman–Crippen MR) is 67.4 cm³/mol. The minimum absolute atomic E-state index is 0.0534. The van der Waals surface area contributed by atoms with Gasteiger partial charge in [0.05, 0.1) is 6.04 Å². The van der Waals surface area contributed by atoms with Gasteiger partial charge in [0.15, 0.2) is 0 Å². The number of hydrogen-bond donors (Lipinski definition) is 1. The molecule has 0 bridgehead atoms. The van der Waals surface area contributed by atoms with Crippen molar-refractivity contribution >= 4 is 5.91 Å². The minimum atomic E-state index is 0.0534. The molecule has 3 unspecified atom stereocenters. The molecule has 3 atom stereocenters. The number of nitrogens with one attached hydrogen (secondary N) is 1. The van der Waals surface area contributed by atoms with Crippen LogP contribution in [0.4, 0.5) is 0 Å².